The summed E-state index contributed by atoms with van der Waals surface area (Å²) in [5.41, 5.74) is 11.2. The Hall–Kier alpha value is -10.5. The number of hydrogen-bond donors (Lipinski definition) is 8. The van der Waals surface area contributed by atoms with Gasteiger partial charge in [0, 0.05) is 145 Å². The molecule has 20 nitrogen and oxygen atoms in total. The van der Waals surface area contributed by atoms with Crippen molar-refractivity contribution in [3.8, 4) is 44.5 Å². The number of nitrogens with zero attached hydrogens (tertiary/aromatic N) is 3. The van der Waals surface area contributed by atoms with Gasteiger partial charge in [-0.25, -0.2) is 19.7 Å². The van der Waals surface area contributed by atoms with E-state index in [9.17, 15) is 33.6 Å². The maximum absolute atomic E-state index is 14.9. The molecule has 4 aromatic heterocycles. The van der Waals surface area contributed by atoms with Crippen molar-refractivity contribution in [1.82, 2.24) is 35.2 Å². The van der Waals surface area contributed by atoms with Crippen LogP contribution >= 0.6 is 0 Å². The molecular weight excluding hydrogens is 1450 g/mol. The number of amides is 5. The molecule has 4 saturated carbocycles. The zero-order chi connectivity index (χ0) is 77.3. The van der Waals surface area contributed by atoms with Gasteiger partial charge in [0.05, 0.1) is 35.4 Å². The van der Waals surface area contributed by atoms with Crippen molar-refractivity contribution in [2.24, 2.45) is 47.3 Å². The number of para-hydroxylation sites is 4. The van der Waals surface area contributed by atoms with Crippen LogP contribution in [0.4, 0.5) is 22.7 Å². The van der Waals surface area contributed by atoms with Crippen molar-refractivity contribution in [3.05, 3.63) is 162 Å². The van der Waals surface area contributed by atoms with Crippen molar-refractivity contribution in [2.75, 3.05) is 28.4 Å². The number of nitrogens with one attached hydrogen (secondary N) is 8. The van der Waals surface area contributed by atoms with Crippen molar-refractivity contribution in [2.45, 2.75) is 182 Å². The van der Waals surface area contributed by atoms with Crippen molar-refractivity contribution >= 4 is 111 Å². The number of benzene rings is 4. The van der Waals surface area contributed by atoms with E-state index >= 15 is 0 Å². The van der Waals surface area contributed by atoms with Crippen molar-refractivity contribution < 1.29 is 60.1 Å². The summed E-state index contributed by atoms with van der Waals surface area (Å²) < 4.78 is 11.6. The Morgan fingerprint density at radius 2 is 0.848 bits per heavy atom. The maximum Gasteiger partial charge on any atom is 2.00 e. The second-order valence-corrected chi connectivity index (χ2v) is 31.9. The summed E-state index contributed by atoms with van der Waals surface area (Å²) >= 11 is 0. The van der Waals surface area contributed by atoms with Gasteiger partial charge in [0.1, 0.15) is 18.0 Å². The normalized spacial score (nSPS) is 20.6. The number of rotatable bonds is 23. The van der Waals surface area contributed by atoms with E-state index in [1.54, 1.807) is 19.3 Å². The largest absolute Gasteiger partial charge is 2.00 e. The zero-order valence-corrected chi connectivity index (χ0v) is 66.1. The maximum atomic E-state index is 14.9. The molecule has 8 aromatic rings. The number of unbranched alkanes of at least 4 members (excludes halogenated alkanes) is 1. The Labute approximate surface area is 665 Å². The van der Waals surface area contributed by atoms with E-state index in [0.29, 0.717) is 130 Å². The van der Waals surface area contributed by atoms with Gasteiger partial charge in [-0.05, 0) is 162 Å². The van der Waals surface area contributed by atoms with Crippen LogP contribution < -0.4 is 26.6 Å². The van der Waals surface area contributed by atoms with Crippen molar-refractivity contribution in [1.29, 1.82) is 0 Å². The van der Waals surface area contributed by atoms with Crippen LogP contribution in [0.1, 0.15) is 197 Å². The molecule has 8 N–H and O–H groups in total. The van der Waals surface area contributed by atoms with E-state index < -0.39 is 23.4 Å². The first-order valence-corrected chi connectivity index (χ1v) is 40.2. The number of ether oxygens (including phenoxy) is 2. The Bertz CT molecular complexity index is 5080. The molecule has 2 aliphatic heterocycles. The Balaban J connectivity index is 0.0000110. The minimum atomic E-state index is -1.41. The summed E-state index contributed by atoms with van der Waals surface area (Å²) in [5, 5.41) is 16.5. The predicted octanol–water partition coefficient (Wildman–Crippen LogP) is 19.0. The molecule has 14 rings (SSSR count). The standard InChI is InChI=1S/C91H103N11O9.Fe/c1-54-25-7-11-29-59(54)86(105)98-67-37-19-15-33-63(67)81-71-43-44-72(94-71)82(64-34-16-20-38-68(64)99-87(106)60-30-12-8-26-55(60)2)74-47-48-76(96-74)84(66-36-18-22-40-70(66)101-89(108)62-32-14-10-28-57(62)4)85-58(53-111-80(104)42-24-23-41-79(103)102-91(5,90(109)110-6)52-78-92-49-50-93-78)51-77(97-85)83(75-46-45-73(81)95-75)65-35-17-21-39-69(65)100-88(107)61-31-13-9-27-56(61)3;/h15-22,33-40,43-51,54-57,59-62,94,97H,7-14,23-32,41-42,52-53H2,1-6H3,(H,92,93)(H,98,105)(H,99,106)(H,100,107)(H,101,108)(H,102,103);/q;+2/t54?,55?,56?,57?,59?,60?,61?,62?,91-;/m1./s1. The van der Waals surface area contributed by atoms with E-state index in [4.69, 9.17) is 19.4 Å². The average Bonchev–Trinajstić information content (AvgIpc) is 1.59. The molecule has 21 heteroatoms. The second kappa shape index (κ2) is 35.9. The number of H-pyrrole nitrogens is 3. The van der Waals surface area contributed by atoms with Gasteiger partial charge in [0.2, 0.25) is 29.5 Å². The van der Waals surface area contributed by atoms with Crippen LogP contribution in [-0.2, 0) is 73.1 Å². The predicted molar refractivity (Wildman–Crippen MR) is 439 cm³/mol. The average molecular weight is 1550 g/mol. The molecule has 4 fully saturated rings. The molecule has 9 atom stereocenters. The number of imidazole rings is 1. The number of methoxy groups -OCH3 is 1. The molecular formula is C91H103FeN11O9+2. The fourth-order valence-electron chi connectivity index (χ4n) is 17.8. The fraction of sp³-hybridized carbons (Fsp3) is 0.407. The van der Waals surface area contributed by atoms with Crippen LogP contribution in [0.25, 0.3) is 90.9 Å². The third-order valence-electron chi connectivity index (χ3n) is 24.1. The Morgan fingerprint density at radius 1 is 0.473 bits per heavy atom. The number of carbonyl (C=O) groups excluding carboxylic acids is 7. The number of anilines is 4. The SMILES string of the molecule is COC(=O)[C@@](C)(Cc1ncc[nH]1)NC(=O)CCCCC(=O)OCc1cc2[nH]c1c(-c1ccccc1NC(=O)C1CCCCC1C)c1nc(c(-c3ccccc3NC(=O)C3CCCCC3C)c3ccc([nH]3)c(-c3ccccc3NC(=O)C3CCCCC3C)c3nc(c2-c2ccccc2NC(=O)C2CCCCC2C)C=C3)C=C1.[Fe+2]. The summed E-state index contributed by atoms with van der Waals surface area (Å²) in [4.78, 5) is 127. The van der Waals surface area contributed by atoms with Gasteiger partial charge in [-0.1, -0.05) is 152 Å². The van der Waals surface area contributed by atoms with Crippen molar-refractivity contribution in [3.63, 3.8) is 0 Å². The number of esters is 2. The number of aromatic amines is 3. The van der Waals surface area contributed by atoms with Crippen LogP contribution in [0.5, 0.6) is 0 Å². The fourth-order valence-corrected chi connectivity index (χ4v) is 17.8. The van der Waals surface area contributed by atoms with Gasteiger partial charge >= 0.3 is 29.0 Å². The second-order valence-electron chi connectivity index (χ2n) is 31.9. The van der Waals surface area contributed by atoms with Gasteiger partial charge in [-0.2, -0.15) is 0 Å². The van der Waals surface area contributed by atoms with Crippen LogP contribution in [0.2, 0.25) is 0 Å². The molecule has 4 aromatic carbocycles. The number of fused-ring (bicyclic) bond motifs is 8. The third kappa shape index (κ3) is 17.7. The van der Waals surface area contributed by atoms with Gasteiger partial charge in [-0.3, -0.25) is 28.8 Å². The van der Waals surface area contributed by atoms with Gasteiger partial charge in [-0.15, -0.1) is 0 Å². The smallest absolute Gasteiger partial charge is 0.467 e. The molecule has 582 valence electrons. The minimum Gasteiger partial charge on any atom is -0.467 e. The summed E-state index contributed by atoms with van der Waals surface area (Å²) in [5.74, 6) is -1.36. The first-order valence-electron chi connectivity index (χ1n) is 40.2. The van der Waals surface area contributed by atoms with Gasteiger partial charge in [0.25, 0.3) is 0 Å². The zero-order valence-electron chi connectivity index (χ0n) is 65.0. The monoisotopic (exact) mass is 1550 g/mol. The molecule has 6 heterocycles. The number of hydrogen-bond acceptors (Lipinski definition) is 12. The van der Waals surface area contributed by atoms with E-state index in [2.05, 4.69) is 74.2 Å². The summed E-state index contributed by atoms with van der Waals surface area (Å²) in [6.45, 7) is 9.96. The summed E-state index contributed by atoms with van der Waals surface area (Å²) in [6, 6.07) is 37.2. The molecule has 5 amide bonds. The van der Waals surface area contributed by atoms with E-state index in [1.807, 2.05) is 140 Å². The molecule has 0 radical (unpaired) electrons. The Kier molecular flexibility index (Phi) is 25.5. The summed E-state index contributed by atoms with van der Waals surface area (Å²) in [6.07, 6.45) is 26.8. The third-order valence-corrected chi connectivity index (χ3v) is 24.1. The Morgan fingerprint density at radius 3 is 1.24 bits per heavy atom. The first-order chi connectivity index (χ1) is 53.9. The molecule has 112 heavy (non-hydrogen) atoms. The van der Waals surface area contributed by atoms with Crippen LogP contribution in [0.15, 0.2) is 128 Å². The topological polar surface area (TPSA) is 284 Å². The van der Waals surface area contributed by atoms with E-state index in [0.717, 1.165) is 103 Å². The quantitative estimate of drug-likeness (QED) is 0.0169. The van der Waals surface area contributed by atoms with Crippen LogP contribution in [0.3, 0.4) is 0 Å². The summed E-state index contributed by atoms with van der Waals surface area (Å²) in [7, 11) is 1.27. The molecule has 0 spiro atoms. The van der Waals surface area contributed by atoms with Crippen LogP contribution in [0, 0.1) is 47.3 Å². The molecule has 4 aliphatic carbocycles. The van der Waals surface area contributed by atoms with E-state index in [-0.39, 0.29) is 120 Å². The number of carbonyl (C=O) groups is 7. The molecule has 8 bridgehead atoms. The number of aromatic nitrogens is 6. The first kappa shape index (κ1) is 79.6. The molecule has 6 aliphatic rings. The van der Waals surface area contributed by atoms with E-state index in [1.165, 1.54) is 7.11 Å². The molecule has 0 saturated heterocycles. The molecule has 8 unspecified atom stereocenters. The van der Waals surface area contributed by atoms with Gasteiger partial charge in [0.15, 0.2) is 0 Å². The van der Waals surface area contributed by atoms with Crippen LogP contribution in [-0.4, -0.2) is 84.0 Å². The minimum absolute atomic E-state index is 0. The van der Waals surface area contributed by atoms with Gasteiger partial charge < -0.3 is 51.0 Å².